The lowest BCUT2D eigenvalue weighted by molar-refractivity contribution is -0.116. The van der Waals surface area contributed by atoms with Gasteiger partial charge in [0.15, 0.2) is 5.78 Å². The number of aryl methyl sites for hydroxylation is 1. The Kier molecular flexibility index (Phi) is 7.14. The second-order valence-corrected chi connectivity index (χ2v) is 16.0. The smallest absolute Gasteiger partial charge is 0.414 e. The maximum atomic E-state index is 13.5. The van der Waals surface area contributed by atoms with E-state index in [1.165, 1.54) is 6.42 Å². The van der Waals surface area contributed by atoms with Crippen LogP contribution in [-0.2, 0) is 9.53 Å². The Morgan fingerprint density at radius 3 is 2.35 bits per heavy atom. The van der Waals surface area contributed by atoms with Gasteiger partial charge in [0.05, 0.1) is 14.1 Å². The summed E-state index contributed by atoms with van der Waals surface area (Å²) in [7, 11) is -1.88. The van der Waals surface area contributed by atoms with E-state index in [0.717, 1.165) is 29.2 Å². The molecule has 31 heavy (non-hydrogen) atoms. The maximum absolute atomic E-state index is 13.5. The highest BCUT2D eigenvalue weighted by molar-refractivity contribution is 6.87. The first-order valence-corrected chi connectivity index (χ1v) is 15.3. The van der Waals surface area contributed by atoms with Gasteiger partial charge in [0.1, 0.15) is 6.10 Å². The van der Waals surface area contributed by atoms with Crippen molar-refractivity contribution in [3.63, 3.8) is 0 Å². The predicted octanol–water partition coefficient (Wildman–Crippen LogP) is 6.67. The monoisotopic (exact) mass is 441 g/mol. The van der Waals surface area contributed by atoms with Gasteiger partial charge in [-0.05, 0) is 48.3 Å². The van der Waals surface area contributed by atoms with Crippen molar-refractivity contribution in [2.45, 2.75) is 85.2 Å². The van der Waals surface area contributed by atoms with Crippen LogP contribution in [0.25, 0.3) is 0 Å². The van der Waals surface area contributed by atoms with E-state index in [1.807, 2.05) is 37.4 Å². The average Bonchev–Trinajstić information content (AvgIpc) is 2.67. The number of carbonyl (C=O) groups is 2. The Bertz CT molecular complexity index is 837. The Morgan fingerprint density at radius 2 is 1.77 bits per heavy atom. The van der Waals surface area contributed by atoms with Crippen molar-refractivity contribution in [1.82, 2.24) is 4.90 Å². The fourth-order valence-electron chi connectivity index (χ4n) is 4.98. The van der Waals surface area contributed by atoms with Crippen LogP contribution < -0.4 is 0 Å². The van der Waals surface area contributed by atoms with Crippen molar-refractivity contribution in [3.8, 4) is 0 Å². The lowest BCUT2D eigenvalue weighted by atomic mass is 9.75. The molecule has 5 heteroatoms. The molecule has 4 nitrogen and oxygen atoms in total. The molecule has 3 rings (SSSR count). The molecule has 0 radical (unpaired) electrons. The highest BCUT2D eigenvalue weighted by Crippen LogP contribution is 2.38. The molecule has 1 saturated carbocycles. The normalized spacial score (nSPS) is 27.3. The minimum Gasteiger partial charge on any atom is -0.446 e. The van der Waals surface area contributed by atoms with Crippen molar-refractivity contribution in [2.24, 2.45) is 17.8 Å². The number of ketones is 1. The number of amides is 1. The molecule has 1 aliphatic carbocycles. The number of Topliss-reactive ketones (excluding diaryl/α,β-unsaturated/α-hetero) is 1. The zero-order valence-corrected chi connectivity index (χ0v) is 21.3. The molecule has 0 saturated heterocycles. The van der Waals surface area contributed by atoms with E-state index in [0.29, 0.717) is 24.2 Å². The summed E-state index contributed by atoms with van der Waals surface area (Å²) in [6.07, 6.45) is 4.99. The Labute approximate surface area is 189 Å². The van der Waals surface area contributed by atoms with Crippen LogP contribution in [-0.4, -0.2) is 31.0 Å². The zero-order valence-electron chi connectivity index (χ0n) is 20.3. The summed E-state index contributed by atoms with van der Waals surface area (Å²) < 4.78 is 6.19. The van der Waals surface area contributed by atoms with Crippen LogP contribution in [0.15, 0.2) is 35.7 Å². The molecule has 170 valence electrons. The van der Waals surface area contributed by atoms with E-state index in [4.69, 9.17) is 4.74 Å². The summed E-state index contributed by atoms with van der Waals surface area (Å²) >= 11 is 0. The summed E-state index contributed by atoms with van der Waals surface area (Å²) in [4.78, 5) is 28.3. The van der Waals surface area contributed by atoms with Gasteiger partial charge >= 0.3 is 6.09 Å². The molecule has 1 amide bonds. The van der Waals surface area contributed by atoms with Gasteiger partial charge < -0.3 is 4.74 Å². The molecule has 1 aliphatic heterocycles. The quantitative estimate of drug-likeness (QED) is 0.490. The topological polar surface area (TPSA) is 46.6 Å². The second kappa shape index (κ2) is 9.31. The van der Waals surface area contributed by atoms with Crippen LogP contribution in [0, 0.1) is 24.7 Å². The molecule has 1 fully saturated rings. The molecule has 2 aliphatic rings. The number of benzene rings is 1. The Morgan fingerprint density at radius 1 is 1.13 bits per heavy atom. The Balaban J connectivity index is 1.93. The number of nitrogens with zero attached hydrogens (tertiary/aromatic N) is 1. The maximum Gasteiger partial charge on any atom is 0.414 e. The standard InChI is InChI=1S/C26H39NO3Si/c1-17(2)21-13-10-19(4)14-24(21)30-26(29)27-16-25(31(5,6)7)23(28)15-22(27)20-11-8-18(3)9-12-20/h8-9,11-12,16-17,19,21-22,24H,10,13-15H2,1-7H3/t19-,21+,22+,24-/m1/s1. The third kappa shape index (κ3) is 5.49. The van der Waals surface area contributed by atoms with Gasteiger partial charge in [-0.25, -0.2) is 4.79 Å². The van der Waals surface area contributed by atoms with Gasteiger partial charge in [-0.15, -0.1) is 0 Å². The van der Waals surface area contributed by atoms with E-state index in [-0.39, 0.29) is 24.0 Å². The summed E-state index contributed by atoms with van der Waals surface area (Å²) in [6, 6.07) is 7.83. The highest BCUT2D eigenvalue weighted by Gasteiger charge is 2.40. The summed E-state index contributed by atoms with van der Waals surface area (Å²) in [5, 5.41) is 0.824. The zero-order chi connectivity index (χ0) is 22.9. The largest absolute Gasteiger partial charge is 0.446 e. The third-order valence-corrected chi connectivity index (χ3v) is 9.00. The molecule has 0 spiro atoms. The molecule has 1 heterocycles. The van der Waals surface area contributed by atoms with E-state index >= 15 is 0 Å². The SMILES string of the molecule is Cc1ccc([C@@H]2CC(=O)C([Si](C)(C)C)=CN2C(=O)O[C@@H]2C[C@H](C)CC[C@H]2C(C)C)cc1. The van der Waals surface area contributed by atoms with E-state index in [2.05, 4.69) is 40.4 Å². The van der Waals surface area contributed by atoms with Crippen LogP contribution in [0.3, 0.4) is 0 Å². The van der Waals surface area contributed by atoms with Crippen molar-refractivity contribution < 1.29 is 14.3 Å². The number of allylic oxidation sites excluding steroid dienone is 1. The van der Waals surface area contributed by atoms with E-state index in [1.54, 1.807) is 4.90 Å². The van der Waals surface area contributed by atoms with Crippen molar-refractivity contribution >= 4 is 20.0 Å². The number of ether oxygens (including phenoxy) is 1. The first-order valence-electron chi connectivity index (χ1n) is 11.8. The third-order valence-electron chi connectivity index (χ3n) is 6.98. The fraction of sp³-hybridized carbons (Fsp3) is 0.615. The van der Waals surface area contributed by atoms with E-state index in [9.17, 15) is 9.59 Å². The molecule has 1 aromatic carbocycles. The van der Waals surface area contributed by atoms with Crippen LogP contribution in [0.4, 0.5) is 4.79 Å². The number of hydrogen-bond donors (Lipinski definition) is 0. The first-order chi connectivity index (χ1) is 14.5. The molecule has 0 N–H and O–H groups in total. The van der Waals surface area contributed by atoms with Crippen LogP contribution >= 0.6 is 0 Å². The molecule has 0 aromatic heterocycles. The molecular formula is C26H39NO3Si. The summed E-state index contributed by atoms with van der Waals surface area (Å²) in [5.74, 6) is 1.61. The molecular weight excluding hydrogens is 402 g/mol. The number of rotatable bonds is 4. The molecule has 4 atom stereocenters. The molecule has 0 unspecified atom stereocenters. The fourth-order valence-corrected chi connectivity index (χ4v) is 6.45. The number of hydrogen-bond acceptors (Lipinski definition) is 3. The molecule has 1 aromatic rings. The minimum absolute atomic E-state index is 0.0590. The molecule has 0 bridgehead atoms. The minimum atomic E-state index is -1.88. The van der Waals surface area contributed by atoms with Gasteiger partial charge in [-0.2, -0.15) is 0 Å². The lowest BCUT2D eigenvalue weighted by Crippen LogP contribution is -2.44. The Hall–Kier alpha value is -1.88. The van der Waals surface area contributed by atoms with Gasteiger partial charge in [0.2, 0.25) is 0 Å². The summed E-state index contributed by atoms with van der Waals surface area (Å²) in [6.45, 7) is 15.2. The average molecular weight is 442 g/mol. The first kappa shape index (κ1) is 23.8. The van der Waals surface area contributed by atoms with Gasteiger partial charge in [-0.1, -0.05) is 76.7 Å². The van der Waals surface area contributed by atoms with Crippen molar-refractivity contribution in [2.75, 3.05) is 0 Å². The number of carbonyl (C=O) groups excluding carboxylic acids is 2. The van der Waals surface area contributed by atoms with Crippen molar-refractivity contribution in [3.05, 3.63) is 46.8 Å². The second-order valence-electron chi connectivity index (χ2n) is 11.0. The van der Waals surface area contributed by atoms with Gasteiger partial charge in [0.25, 0.3) is 0 Å². The van der Waals surface area contributed by atoms with E-state index < -0.39 is 8.07 Å². The van der Waals surface area contributed by atoms with Crippen LogP contribution in [0.1, 0.15) is 63.6 Å². The van der Waals surface area contributed by atoms with Crippen LogP contribution in [0.2, 0.25) is 19.6 Å². The van der Waals surface area contributed by atoms with Gasteiger partial charge in [0, 0.05) is 12.6 Å². The van der Waals surface area contributed by atoms with Crippen molar-refractivity contribution in [1.29, 1.82) is 0 Å². The highest BCUT2D eigenvalue weighted by atomic mass is 28.3. The van der Waals surface area contributed by atoms with Crippen LogP contribution in [0.5, 0.6) is 0 Å². The van der Waals surface area contributed by atoms with Gasteiger partial charge in [-0.3, -0.25) is 9.69 Å². The lowest BCUT2D eigenvalue weighted by Gasteiger charge is -2.40. The summed E-state index contributed by atoms with van der Waals surface area (Å²) in [5.41, 5.74) is 2.15. The predicted molar refractivity (Wildman–Crippen MR) is 128 cm³/mol.